The number of nitrogens with zero attached hydrogens (tertiary/aromatic N) is 2. The SMILES string of the molecule is Cc1cccc(CN2c3ccccc3C3=C([C@H](c4ccccc4)C(C#N)=C(N)O3)S2(=O)=O)c1. The summed E-state index contributed by atoms with van der Waals surface area (Å²) in [6, 6.07) is 26.1. The van der Waals surface area contributed by atoms with Crippen LogP contribution in [-0.2, 0) is 21.3 Å². The summed E-state index contributed by atoms with van der Waals surface area (Å²) in [6.45, 7) is 2.12. The lowest BCUT2D eigenvalue weighted by Gasteiger charge is -2.38. The fraction of sp³-hybridized carbons (Fsp3) is 0.115. The standard InChI is InChI=1S/C26H21N3O3S/c1-17-8-7-9-18(14-17)16-29-22-13-6-5-12-20(22)24-25(33(29,30)31)23(19-10-3-2-4-11-19)21(15-27)26(28)32-24/h2-14,23H,16,28H2,1H3/t23-/m1/s1. The number of benzene rings is 3. The first-order chi connectivity index (χ1) is 15.9. The van der Waals surface area contributed by atoms with Gasteiger partial charge in [0, 0.05) is 5.56 Å². The normalized spacial score (nSPS) is 18.8. The van der Waals surface area contributed by atoms with Crippen LogP contribution in [0.3, 0.4) is 0 Å². The third-order valence-corrected chi connectivity index (χ3v) is 7.78. The molecule has 33 heavy (non-hydrogen) atoms. The van der Waals surface area contributed by atoms with Gasteiger partial charge in [-0.25, -0.2) is 8.42 Å². The molecule has 0 bridgehead atoms. The third-order valence-electron chi connectivity index (χ3n) is 5.90. The lowest BCUT2D eigenvalue weighted by molar-refractivity contribution is 0.357. The van der Waals surface area contributed by atoms with Gasteiger partial charge in [0.2, 0.25) is 5.88 Å². The Morgan fingerprint density at radius 1 is 1.03 bits per heavy atom. The molecule has 0 aliphatic carbocycles. The first-order valence-electron chi connectivity index (χ1n) is 10.5. The van der Waals surface area contributed by atoms with E-state index in [0.717, 1.165) is 11.1 Å². The van der Waals surface area contributed by atoms with Gasteiger partial charge in [0.05, 0.1) is 18.2 Å². The van der Waals surface area contributed by atoms with Gasteiger partial charge >= 0.3 is 0 Å². The smallest absolute Gasteiger partial charge is 0.265 e. The van der Waals surface area contributed by atoms with E-state index in [-0.39, 0.29) is 28.7 Å². The summed E-state index contributed by atoms with van der Waals surface area (Å²) in [6.07, 6.45) is 0. The van der Waals surface area contributed by atoms with Crippen molar-refractivity contribution in [1.29, 1.82) is 5.26 Å². The van der Waals surface area contributed by atoms with E-state index in [1.807, 2.05) is 61.5 Å². The molecule has 164 valence electrons. The van der Waals surface area contributed by atoms with Crippen LogP contribution in [0.15, 0.2) is 95.2 Å². The molecule has 0 spiro atoms. The van der Waals surface area contributed by atoms with Gasteiger partial charge in [-0.1, -0.05) is 72.3 Å². The van der Waals surface area contributed by atoms with Crippen LogP contribution < -0.4 is 10.0 Å². The quantitative estimate of drug-likeness (QED) is 0.626. The number of allylic oxidation sites excluding steroid dienone is 2. The molecule has 5 rings (SSSR count). The number of anilines is 1. The maximum Gasteiger partial charge on any atom is 0.265 e. The third kappa shape index (κ3) is 3.36. The van der Waals surface area contributed by atoms with Gasteiger partial charge in [0.25, 0.3) is 10.0 Å². The van der Waals surface area contributed by atoms with Gasteiger partial charge in [0.15, 0.2) is 5.76 Å². The Morgan fingerprint density at radius 3 is 2.48 bits per heavy atom. The van der Waals surface area contributed by atoms with Gasteiger partial charge in [0.1, 0.15) is 16.5 Å². The maximum absolute atomic E-state index is 14.2. The molecule has 2 heterocycles. The van der Waals surface area contributed by atoms with Crippen LogP contribution in [0.4, 0.5) is 5.69 Å². The summed E-state index contributed by atoms with van der Waals surface area (Å²) in [5, 5.41) is 9.88. The van der Waals surface area contributed by atoms with Crippen molar-refractivity contribution >= 4 is 21.5 Å². The van der Waals surface area contributed by atoms with E-state index in [0.29, 0.717) is 16.8 Å². The van der Waals surface area contributed by atoms with Crippen LogP contribution in [0.2, 0.25) is 0 Å². The molecule has 2 aliphatic rings. The number of para-hydroxylation sites is 1. The highest BCUT2D eigenvalue weighted by molar-refractivity contribution is 7.96. The average molecular weight is 456 g/mol. The number of nitrogens with two attached hydrogens (primary N) is 1. The van der Waals surface area contributed by atoms with E-state index in [4.69, 9.17) is 10.5 Å². The topological polar surface area (TPSA) is 96.4 Å². The van der Waals surface area contributed by atoms with Crippen LogP contribution in [-0.4, -0.2) is 8.42 Å². The van der Waals surface area contributed by atoms with Crippen molar-refractivity contribution in [3.8, 4) is 6.07 Å². The van der Waals surface area contributed by atoms with E-state index in [1.165, 1.54) is 4.31 Å². The van der Waals surface area contributed by atoms with E-state index < -0.39 is 15.9 Å². The first-order valence-corrected chi connectivity index (χ1v) is 11.9. The predicted molar refractivity (Wildman–Crippen MR) is 127 cm³/mol. The van der Waals surface area contributed by atoms with Crippen LogP contribution in [0.1, 0.15) is 28.2 Å². The van der Waals surface area contributed by atoms with E-state index in [2.05, 4.69) is 6.07 Å². The average Bonchev–Trinajstić information content (AvgIpc) is 2.81. The van der Waals surface area contributed by atoms with Crippen molar-refractivity contribution < 1.29 is 13.2 Å². The highest BCUT2D eigenvalue weighted by atomic mass is 32.2. The fourth-order valence-electron chi connectivity index (χ4n) is 4.43. The Morgan fingerprint density at radius 2 is 1.76 bits per heavy atom. The minimum atomic E-state index is -4.07. The summed E-state index contributed by atoms with van der Waals surface area (Å²) in [5.74, 6) is -0.767. The second kappa shape index (κ2) is 7.84. The van der Waals surface area contributed by atoms with Crippen molar-refractivity contribution in [2.24, 2.45) is 5.73 Å². The Labute approximate surface area is 192 Å². The van der Waals surface area contributed by atoms with Gasteiger partial charge in [-0.15, -0.1) is 0 Å². The van der Waals surface area contributed by atoms with Crippen LogP contribution in [0, 0.1) is 18.3 Å². The second-order valence-electron chi connectivity index (χ2n) is 8.05. The molecule has 0 saturated heterocycles. The summed E-state index contributed by atoms with van der Waals surface area (Å²) in [4.78, 5) is 0.0332. The van der Waals surface area contributed by atoms with Gasteiger partial charge in [-0.05, 0) is 30.2 Å². The highest BCUT2D eigenvalue weighted by Crippen LogP contribution is 2.51. The van der Waals surface area contributed by atoms with Crippen LogP contribution in [0.5, 0.6) is 0 Å². The Kier molecular flexibility index (Phi) is 4.95. The lowest BCUT2D eigenvalue weighted by atomic mass is 9.88. The van der Waals surface area contributed by atoms with Crippen molar-refractivity contribution in [2.45, 2.75) is 19.4 Å². The molecule has 0 unspecified atom stereocenters. The molecular weight excluding hydrogens is 434 g/mol. The molecule has 0 saturated carbocycles. The molecule has 0 amide bonds. The van der Waals surface area contributed by atoms with Gasteiger partial charge in [-0.3, -0.25) is 4.31 Å². The first kappa shape index (κ1) is 20.9. The van der Waals surface area contributed by atoms with Crippen molar-refractivity contribution in [3.05, 3.63) is 117 Å². The summed E-state index contributed by atoms with van der Waals surface area (Å²) in [5.41, 5.74) is 9.91. The van der Waals surface area contributed by atoms with E-state index in [9.17, 15) is 13.7 Å². The lowest BCUT2D eigenvalue weighted by Crippen LogP contribution is -2.39. The molecule has 3 aromatic carbocycles. The zero-order chi connectivity index (χ0) is 23.2. The molecular formula is C26H21N3O3S. The number of rotatable bonds is 3. The minimum Gasteiger partial charge on any atom is -0.439 e. The number of ether oxygens (including phenoxy) is 1. The maximum atomic E-state index is 14.2. The number of sulfonamides is 1. The zero-order valence-corrected chi connectivity index (χ0v) is 18.7. The number of hydrogen-bond acceptors (Lipinski definition) is 5. The Balaban J connectivity index is 1.76. The van der Waals surface area contributed by atoms with Crippen molar-refractivity contribution in [1.82, 2.24) is 0 Å². The predicted octanol–water partition coefficient (Wildman–Crippen LogP) is 4.52. The monoisotopic (exact) mass is 455 g/mol. The Hall–Kier alpha value is -4.02. The van der Waals surface area contributed by atoms with Crippen molar-refractivity contribution in [3.63, 3.8) is 0 Å². The highest BCUT2D eigenvalue weighted by Gasteiger charge is 2.47. The zero-order valence-electron chi connectivity index (χ0n) is 17.9. The molecule has 2 aliphatic heterocycles. The molecule has 0 radical (unpaired) electrons. The Bertz CT molecular complexity index is 1470. The second-order valence-corrected chi connectivity index (χ2v) is 9.88. The molecule has 0 aromatic heterocycles. The largest absolute Gasteiger partial charge is 0.439 e. The summed E-state index contributed by atoms with van der Waals surface area (Å²) in [7, 11) is -4.07. The van der Waals surface area contributed by atoms with Crippen LogP contribution in [0.25, 0.3) is 5.76 Å². The van der Waals surface area contributed by atoms with Gasteiger partial charge in [-0.2, -0.15) is 5.26 Å². The molecule has 3 aromatic rings. The van der Waals surface area contributed by atoms with E-state index >= 15 is 0 Å². The molecule has 0 fully saturated rings. The number of nitriles is 1. The van der Waals surface area contributed by atoms with Crippen molar-refractivity contribution in [2.75, 3.05) is 4.31 Å². The fourth-order valence-corrected chi connectivity index (χ4v) is 6.35. The number of fused-ring (bicyclic) bond motifs is 2. The van der Waals surface area contributed by atoms with Crippen LogP contribution >= 0.6 is 0 Å². The van der Waals surface area contributed by atoms with E-state index in [1.54, 1.807) is 24.3 Å². The molecule has 1 atom stereocenters. The summed E-state index contributed by atoms with van der Waals surface area (Å²) < 4.78 is 35.6. The molecule has 2 N–H and O–H groups in total. The summed E-state index contributed by atoms with van der Waals surface area (Å²) >= 11 is 0. The number of hydrogen-bond donors (Lipinski definition) is 1. The molecule has 6 nitrogen and oxygen atoms in total. The minimum absolute atomic E-state index is 0.0332. The number of aryl methyl sites for hydroxylation is 1. The molecule has 7 heteroatoms. The van der Waals surface area contributed by atoms with Gasteiger partial charge < -0.3 is 10.5 Å².